The van der Waals surface area contributed by atoms with Crippen LogP contribution in [0.15, 0.2) is 30.3 Å². The van der Waals surface area contributed by atoms with Crippen molar-refractivity contribution in [1.82, 2.24) is 24.7 Å². The summed E-state index contributed by atoms with van der Waals surface area (Å²) in [5, 5.41) is 12.6. The van der Waals surface area contributed by atoms with Gasteiger partial charge >= 0.3 is 0 Å². The number of halogens is 2. The molecule has 0 radical (unpaired) electrons. The summed E-state index contributed by atoms with van der Waals surface area (Å²) < 4.78 is 29.3. The first-order valence-electron chi connectivity index (χ1n) is 8.21. The number of piperazine rings is 1. The third kappa shape index (κ3) is 3.05. The lowest BCUT2D eigenvalue weighted by atomic mass is 10.1. The van der Waals surface area contributed by atoms with E-state index in [-0.39, 0.29) is 12.1 Å². The van der Waals surface area contributed by atoms with Gasteiger partial charge in [0.25, 0.3) is 0 Å². The van der Waals surface area contributed by atoms with Crippen LogP contribution in [0.4, 0.5) is 14.6 Å². The van der Waals surface area contributed by atoms with E-state index in [2.05, 4.69) is 25.1 Å². The number of nitrogens with zero attached hydrogens (tertiary/aromatic N) is 6. The Morgan fingerprint density at radius 1 is 0.960 bits per heavy atom. The van der Waals surface area contributed by atoms with E-state index in [9.17, 15) is 8.78 Å². The Bertz CT molecular complexity index is 881. The Morgan fingerprint density at radius 2 is 1.68 bits per heavy atom. The van der Waals surface area contributed by atoms with E-state index < -0.39 is 11.6 Å². The van der Waals surface area contributed by atoms with Crippen molar-refractivity contribution in [3.05, 3.63) is 53.4 Å². The zero-order valence-corrected chi connectivity index (χ0v) is 13.9. The highest BCUT2D eigenvalue weighted by Gasteiger charge is 2.21. The largest absolute Gasteiger partial charge is 0.353 e. The molecule has 4 rings (SSSR count). The standard InChI is InChI=1S/C17H18F2N6/c1-12-20-21-16-5-6-17(22-25(12)16)24-9-7-23(8-10-24)11-13-14(18)3-2-4-15(13)19/h2-6H,7-11H2,1H3. The fraction of sp³-hybridized carbons (Fsp3) is 0.353. The SMILES string of the molecule is Cc1nnc2ccc(N3CCN(Cc4c(F)cccc4F)CC3)nn12. The number of aromatic nitrogens is 4. The van der Waals surface area contributed by atoms with Crippen LogP contribution in [0.1, 0.15) is 11.4 Å². The zero-order valence-electron chi connectivity index (χ0n) is 13.9. The second kappa shape index (κ2) is 6.36. The third-order valence-electron chi connectivity index (χ3n) is 4.54. The minimum absolute atomic E-state index is 0.135. The van der Waals surface area contributed by atoms with Crippen molar-refractivity contribution in [2.75, 3.05) is 31.1 Å². The van der Waals surface area contributed by atoms with E-state index in [4.69, 9.17) is 0 Å². The zero-order chi connectivity index (χ0) is 17.4. The van der Waals surface area contributed by atoms with Gasteiger partial charge in [-0.1, -0.05) is 6.07 Å². The highest BCUT2D eigenvalue weighted by atomic mass is 19.1. The number of aryl methyl sites for hydroxylation is 1. The molecule has 1 aliphatic heterocycles. The van der Waals surface area contributed by atoms with E-state index in [0.717, 1.165) is 30.4 Å². The predicted molar refractivity (Wildman–Crippen MR) is 89.4 cm³/mol. The maximum absolute atomic E-state index is 13.8. The molecular formula is C17H18F2N6. The van der Waals surface area contributed by atoms with Gasteiger partial charge in [-0.3, -0.25) is 4.90 Å². The summed E-state index contributed by atoms with van der Waals surface area (Å²) in [7, 11) is 0. The Labute approximate surface area is 143 Å². The molecule has 25 heavy (non-hydrogen) atoms. The van der Waals surface area contributed by atoms with Crippen LogP contribution in [0.3, 0.4) is 0 Å². The Hall–Kier alpha value is -2.61. The number of benzene rings is 1. The van der Waals surface area contributed by atoms with Gasteiger partial charge < -0.3 is 4.90 Å². The maximum atomic E-state index is 13.8. The summed E-state index contributed by atoms with van der Waals surface area (Å²) >= 11 is 0. The molecule has 3 aromatic rings. The topological polar surface area (TPSA) is 49.6 Å². The van der Waals surface area contributed by atoms with Gasteiger partial charge in [-0.2, -0.15) is 4.52 Å². The predicted octanol–water partition coefficient (Wildman–Crippen LogP) is 2.03. The Morgan fingerprint density at radius 3 is 2.40 bits per heavy atom. The lowest BCUT2D eigenvalue weighted by Crippen LogP contribution is -2.46. The molecule has 0 atom stereocenters. The monoisotopic (exact) mass is 344 g/mol. The first-order chi connectivity index (χ1) is 12.1. The van der Waals surface area contributed by atoms with Gasteiger partial charge in [0, 0.05) is 38.3 Å². The minimum Gasteiger partial charge on any atom is -0.353 e. The number of rotatable bonds is 3. The number of hydrogen-bond donors (Lipinski definition) is 0. The van der Waals surface area contributed by atoms with Crippen LogP contribution in [-0.2, 0) is 6.54 Å². The average Bonchev–Trinajstić information content (AvgIpc) is 2.99. The number of anilines is 1. The van der Waals surface area contributed by atoms with E-state index in [1.54, 1.807) is 4.52 Å². The van der Waals surface area contributed by atoms with Crippen LogP contribution >= 0.6 is 0 Å². The Balaban J connectivity index is 1.44. The van der Waals surface area contributed by atoms with E-state index in [1.165, 1.54) is 18.2 Å². The molecule has 0 unspecified atom stereocenters. The van der Waals surface area contributed by atoms with Crippen molar-refractivity contribution in [3.63, 3.8) is 0 Å². The summed E-state index contributed by atoms with van der Waals surface area (Å²) in [6, 6.07) is 7.81. The molecular weight excluding hydrogens is 326 g/mol. The number of hydrogen-bond acceptors (Lipinski definition) is 5. The summed E-state index contributed by atoms with van der Waals surface area (Å²) in [5.74, 6) is 0.618. The van der Waals surface area contributed by atoms with Crippen LogP contribution in [-0.4, -0.2) is 50.9 Å². The van der Waals surface area contributed by atoms with Crippen molar-refractivity contribution in [1.29, 1.82) is 0 Å². The van der Waals surface area contributed by atoms with Crippen molar-refractivity contribution in [2.24, 2.45) is 0 Å². The van der Waals surface area contributed by atoms with Crippen molar-refractivity contribution >= 4 is 11.5 Å². The fourth-order valence-electron chi connectivity index (χ4n) is 3.10. The summed E-state index contributed by atoms with van der Waals surface area (Å²) in [4.78, 5) is 4.22. The quantitative estimate of drug-likeness (QED) is 0.728. The molecule has 1 aliphatic rings. The molecule has 1 aromatic carbocycles. The average molecular weight is 344 g/mol. The molecule has 0 saturated carbocycles. The molecule has 1 saturated heterocycles. The molecule has 1 fully saturated rings. The first-order valence-corrected chi connectivity index (χ1v) is 8.21. The summed E-state index contributed by atoms with van der Waals surface area (Å²) in [6.07, 6.45) is 0. The smallest absolute Gasteiger partial charge is 0.178 e. The van der Waals surface area contributed by atoms with Crippen LogP contribution in [0.2, 0.25) is 0 Å². The molecule has 0 aliphatic carbocycles. The normalized spacial score (nSPS) is 15.9. The lowest BCUT2D eigenvalue weighted by molar-refractivity contribution is 0.242. The maximum Gasteiger partial charge on any atom is 0.178 e. The van der Waals surface area contributed by atoms with Gasteiger partial charge in [0.15, 0.2) is 11.5 Å². The second-order valence-electron chi connectivity index (χ2n) is 6.17. The summed E-state index contributed by atoms with van der Waals surface area (Å²) in [5.41, 5.74) is 0.852. The van der Waals surface area contributed by atoms with Crippen LogP contribution in [0, 0.1) is 18.6 Å². The molecule has 0 N–H and O–H groups in total. The van der Waals surface area contributed by atoms with Crippen LogP contribution < -0.4 is 4.90 Å². The van der Waals surface area contributed by atoms with Gasteiger partial charge in [-0.25, -0.2) is 8.78 Å². The van der Waals surface area contributed by atoms with Crippen molar-refractivity contribution in [2.45, 2.75) is 13.5 Å². The van der Waals surface area contributed by atoms with Crippen molar-refractivity contribution in [3.8, 4) is 0 Å². The molecule has 6 nitrogen and oxygen atoms in total. The summed E-state index contributed by atoms with van der Waals surface area (Å²) in [6.45, 7) is 5.07. The molecule has 130 valence electrons. The van der Waals surface area contributed by atoms with E-state index in [1.807, 2.05) is 19.1 Å². The molecule has 0 bridgehead atoms. The van der Waals surface area contributed by atoms with E-state index in [0.29, 0.717) is 13.1 Å². The van der Waals surface area contributed by atoms with Gasteiger partial charge in [0.05, 0.1) is 0 Å². The number of fused-ring (bicyclic) bond motifs is 1. The fourth-order valence-corrected chi connectivity index (χ4v) is 3.10. The van der Waals surface area contributed by atoms with Gasteiger partial charge in [-0.15, -0.1) is 15.3 Å². The molecule has 0 amide bonds. The molecule has 2 aromatic heterocycles. The van der Waals surface area contributed by atoms with Crippen LogP contribution in [0.25, 0.3) is 5.65 Å². The molecule has 3 heterocycles. The second-order valence-corrected chi connectivity index (χ2v) is 6.17. The first kappa shape index (κ1) is 15.9. The van der Waals surface area contributed by atoms with Crippen molar-refractivity contribution < 1.29 is 8.78 Å². The minimum atomic E-state index is -0.488. The van der Waals surface area contributed by atoms with Gasteiger partial charge in [0.1, 0.15) is 17.5 Å². The highest BCUT2D eigenvalue weighted by molar-refractivity contribution is 5.46. The molecule has 8 heteroatoms. The van der Waals surface area contributed by atoms with Crippen LogP contribution in [0.5, 0.6) is 0 Å². The lowest BCUT2D eigenvalue weighted by Gasteiger charge is -2.35. The Kier molecular flexibility index (Phi) is 4.04. The highest BCUT2D eigenvalue weighted by Crippen LogP contribution is 2.18. The van der Waals surface area contributed by atoms with Gasteiger partial charge in [-0.05, 0) is 31.2 Å². The molecule has 0 spiro atoms. The van der Waals surface area contributed by atoms with Gasteiger partial charge in [0.2, 0.25) is 0 Å². The van der Waals surface area contributed by atoms with E-state index >= 15 is 0 Å². The third-order valence-corrected chi connectivity index (χ3v) is 4.54.